The monoisotopic (exact) mass is 423 g/mol. The molecule has 0 amide bonds. The van der Waals surface area contributed by atoms with E-state index in [1.54, 1.807) is 11.3 Å². The van der Waals surface area contributed by atoms with Gasteiger partial charge in [0.2, 0.25) is 0 Å². The fraction of sp³-hybridized carbons (Fsp3) is 0.667. The molecule has 6 heteroatoms. The van der Waals surface area contributed by atoms with Gasteiger partial charge in [-0.15, -0.1) is 35.3 Å². The number of halogens is 1. The molecule has 0 aliphatic heterocycles. The predicted octanol–water partition coefficient (Wildman–Crippen LogP) is 2.89. The molecular formula is C15H26IN3OS. The average Bonchev–Trinajstić information content (AvgIpc) is 3.14. The standard InChI is InChI=1S/C15H25N3OS.HI/c1-16-15(18-9-7-14-4-2-11-20-14)17-8-3-10-19-12-13-5-6-13;/h2,4,11,13H,3,5-10,12H2,1H3,(H2,16,17,18);1H. The number of nitrogens with zero attached hydrogens (tertiary/aromatic N) is 1. The summed E-state index contributed by atoms with van der Waals surface area (Å²) in [6, 6.07) is 4.26. The number of hydrogen-bond donors (Lipinski definition) is 2. The minimum Gasteiger partial charge on any atom is -0.381 e. The molecule has 120 valence electrons. The summed E-state index contributed by atoms with van der Waals surface area (Å²) in [7, 11) is 1.81. The summed E-state index contributed by atoms with van der Waals surface area (Å²) < 4.78 is 5.60. The van der Waals surface area contributed by atoms with Crippen LogP contribution in [0.15, 0.2) is 22.5 Å². The van der Waals surface area contributed by atoms with Crippen molar-refractivity contribution >= 4 is 41.3 Å². The third kappa shape index (κ3) is 8.63. The molecule has 0 spiro atoms. The smallest absolute Gasteiger partial charge is 0.190 e. The Morgan fingerprint density at radius 2 is 2.19 bits per heavy atom. The lowest BCUT2D eigenvalue weighted by Crippen LogP contribution is -2.38. The van der Waals surface area contributed by atoms with Gasteiger partial charge in [0.05, 0.1) is 0 Å². The number of hydrogen-bond acceptors (Lipinski definition) is 3. The van der Waals surface area contributed by atoms with E-state index in [0.717, 1.165) is 51.0 Å². The van der Waals surface area contributed by atoms with E-state index in [1.165, 1.54) is 17.7 Å². The molecule has 1 aliphatic rings. The Balaban J connectivity index is 0.00000220. The van der Waals surface area contributed by atoms with E-state index in [2.05, 4.69) is 33.1 Å². The molecule has 0 radical (unpaired) electrons. The lowest BCUT2D eigenvalue weighted by molar-refractivity contribution is 0.123. The Hall–Kier alpha value is -0.340. The third-order valence-electron chi connectivity index (χ3n) is 3.28. The van der Waals surface area contributed by atoms with Crippen molar-refractivity contribution in [3.63, 3.8) is 0 Å². The van der Waals surface area contributed by atoms with E-state index in [0.29, 0.717) is 0 Å². The van der Waals surface area contributed by atoms with E-state index < -0.39 is 0 Å². The van der Waals surface area contributed by atoms with Gasteiger partial charge in [-0.3, -0.25) is 4.99 Å². The van der Waals surface area contributed by atoms with Gasteiger partial charge in [-0.05, 0) is 43.0 Å². The number of nitrogens with one attached hydrogen (secondary N) is 2. The highest BCUT2D eigenvalue weighted by Crippen LogP contribution is 2.28. The minimum atomic E-state index is 0. The van der Waals surface area contributed by atoms with Gasteiger partial charge >= 0.3 is 0 Å². The van der Waals surface area contributed by atoms with Gasteiger partial charge in [-0.1, -0.05) is 6.07 Å². The fourth-order valence-corrected chi connectivity index (χ4v) is 2.60. The molecule has 1 saturated carbocycles. The normalized spacial score (nSPS) is 14.6. The molecule has 0 bridgehead atoms. The first-order chi connectivity index (χ1) is 9.88. The molecule has 1 fully saturated rings. The molecule has 0 unspecified atom stereocenters. The maximum absolute atomic E-state index is 5.60. The lowest BCUT2D eigenvalue weighted by atomic mass is 10.3. The van der Waals surface area contributed by atoms with Gasteiger partial charge in [0.25, 0.3) is 0 Å². The zero-order valence-corrected chi connectivity index (χ0v) is 15.8. The average molecular weight is 423 g/mol. The van der Waals surface area contributed by atoms with Gasteiger partial charge in [-0.25, -0.2) is 0 Å². The van der Waals surface area contributed by atoms with Gasteiger partial charge in [0.1, 0.15) is 0 Å². The highest BCUT2D eigenvalue weighted by Gasteiger charge is 2.20. The van der Waals surface area contributed by atoms with Crippen LogP contribution < -0.4 is 10.6 Å². The van der Waals surface area contributed by atoms with Crippen LogP contribution >= 0.6 is 35.3 Å². The summed E-state index contributed by atoms with van der Waals surface area (Å²) in [6.45, 7) is 3.62. The van der Waals surface area contributed by atoms with Gasteiger partial charge in [0, 0.05) is 38.2 Å². The molecule has 1 aromatic rings. The SMILES string of the molecule is CN=C(NCCCOCC1CC1)NCCc1cccs1.I. The van der Waals surface area contributed by atoms with Crippen molar-refractivity contribution in [1.82, 2.24) is 10.6 Å². The number of thiophene rings is 1. The van der Waals surface area contributed by atoms with Crippen LogP contribution in [0.25, 0.3) is 0 Å². The third-order valence-corrected chi connectivity index (χ3v) is 4.21. The first kappa shape index (κ1) is 18.7. The van der Waals surface area contributed by atoms with Crippen LogP contribution in [-0.2, 0) is 11.2 Å². The highest BCUT2D eigenvalue weighted by molar-refractivity contribution is 14.0. The fourth-order valence-electron chi connectivity index (χ4n) is 1.90. The molecule has 2 rings (SSSR count). The predicted molar refractivity (Wildman–Crippen MR) is 101 cm³/mol. The van der Waals surface area contributed by atoms with Crippen molar-refractivity contribution < 1.29 is 4.74 Å². The molecule has 1 aromatic heterocycles. The van der Waals surface area contributed by atoms with Crippen LogP contribution in [-0.4, -0.2) is 39.3 Å². The second-order valence-electron chi connectivity index (χ2n) is 5.13. The van der Waals surface area contributed by atoms with Crippen LogP contribution in [0.5, 0.6) is 0 Å². The Morgan fingerprint density at radius 3 is 2.86 bits per heavy atom. The second kappa shape index (κ2) is 11.3. The van der Waals surface area contributed by atoms with Crippen LogP contribution in [0.2, 0.25) is 0 Å². The summed E-state index contributed by atoms with van der Waals surface area (Å²) in [5, 5.41) is 8.76. The Bertz CT molecular complexity index is 394. The van der Waals surface area contributed by atoms with Crippen molar-refractivity contribution in [3.05, 3.63) is 22.4 Å². The largest absolute Gasteiger partial charge is 0.381 e. The highest BCUT2D eigenvalue weighted by atomic mass is 127. The van der Waals surface area contributed by atoms with Gasteiger partial charge in [-0.2, -0.15) is 0 Å². The zero-order chi connectivity index (χ0) is 14.0. The number of rotatable bonds is 9. The topological polar surface area (TPSA) is 45.7 Å². The number of guanidine groups is 1. The molecule has 0 saturated heterocycles. The molecule has 21 heavy (non-hydrogen) atoms. The van der Waals surface area contributed by atoms with Crippen LogP contribution in [0, 0.1) is 5.92 Å². The lowest BCUT2D eigenvalue weighted by Gasteiger charge is -2.11. The van der Waals surface area contributed by atoms with Crippen molar-refractivity contribution in [2.24, 2.45) is 10.9 Å². The summed E-state index contributed by atoms with van der Waals surface area (Å²) >= 11 is 1.80. The molecule has 4 nitrogen and oxygen atoms in total. The van der Waals surface area contributed by atoms with Crippen molar-refractivity contribution in [2.75, 3.05) is 33.4 Å². The molecule has 1 aliphatic carbocycles. The van der Waals surface area contributed by atoms with E-state index in [9.17, 15) is 0 Å². The quantitative estimate of drug-likeness (QED) is 0.278. The van der Waals surface area contributed by atoms with Gasteiger partial charge in [0.15, 0.2) is 5.96 Å². The Labute approximate surface area is 148 Å². The Morgan fingerprint density at radius 1 is 1.38 bits per heavy atom. The minimum absolute atomic E-state index is 0. The first-order valence-corrected chi connectivity index (χ1v) is 8.31. The molecule has 2 N–H and O–H groups in total. The summed E-state index contributed by atoms with van der Waals surface area (Å²) in [5.74, 6) is 1.73. The maximum atomic E-state index is 5.60. The zero-order valence-electron chi connectivity index (χ0n) is 12.6. The van der Waals surface area contributed by atoms with Gasteiger partial charge < -0.3 is 15.4 Å². The summed E-state index contributed by atoms with van der Waals surface area (Å²) in [6.07, 6.45) is 4.79. The van der Waals surface area contributed by atoms with E-state index in [4.69, 9.17) is 4.74 Å². The van der Waals surface area contributed by atoms with Crippen molar-refractivity contribution in [3.8, 4) is 0 Å². The van der Waals surface area contributed by atoms with E-state index in [1.807, 2.05) is 7.05 Å². The van der Waals surface area contributed by atoms with E-state index in [-0.39, 0.29) is 24.0 Å². The van der Waals surface area contributed by atoms with Crippen molar-refractivity contribution in [1.29, 1.82) is 0 Å². The van der Waals surface area contributed by atoms with Crippen LogP contribution in [0.3, 0.4) is 0 Å². The second-order valence-corrected chi connectivity index (χ2v) is 6.16. The molecule has 0 aromatic carbocycles. The number of ether oxygens (including phenoxy) is 1. The number of aliphatic imine (C=N–C) groups is 1. The van der Waals surface area contributed by atoms with Crippen LogP contribution in [0.4, 0.5) is 0 Å². The summed E-state index contributed by atoms with van der Waals surface area (Å²) in [5.41, 5.74) is 0. The molecule has 0 atom stereocenters. The Kier molecular flexibility index (Phi) is 10.0. The maximum Gasteiger partial charge on any atom is 0.190 e. The molecule has 1 heterocycles. The van der Waals surface area contributed by atoms with Crippen LogP contribution in [0.1, 0.15) is 24.1 Å². The first-order valence-electron chi connectivity index (χ1n) is 7.43. The molecular weight excluding hydrogens is 397 g/mol. The van der Waals surface area contributed by atoms with Crippen molar-refractivity contribution in [2.45, 2.75) is 25.7 Å². The summed E-state index contributed by atoms with van der Waals surface area (Å²) in [4.78, 5) is 5.62. The van der Waals surface area contributed by atoms with E-state index >= 15 is 0 Å².